The summed E-state index contributed by atoms with van der Waals surface area (Å²) < 4.78 is 54.5. The van der Waals surface area contributed by atoms with Gasteiger partial charge in [-0.3, -0.25) is 4.57 Å². The summed E-state index contributed by atoms with van der Waals surface area (Å²) in [6.45, 7) is 7.38. The maximum absolute atomic E-state index is 11.8. The Balaban J connectivity index is 0.000000184. The van der Waals surface area contributed by atoms with E-state index in [4.69, 9.17) is 37.5 Å². The number of carbonyl (C=O) groups excluding carboxylic acids is 1. The van der Waals surface area contributed by atoms with Crippen molar-refractivity contribution in [2.24, 2.45) is 0 Å². The highest BCUT2D eigenvalue weighted by Gasteiger charge is 2.49. The minimum atomic E-state index is -3.13. The molecule has 4 aliphatic rings. The van der Waals surface area contributed by atoms with Crippen molar-refractivity contribution < 1.29 is 46.8 Å². The Morgan fingerprint density at radius 3 is 1.73 bits per heavy atom. The zero-order valence-corrected chi connectivity index (χ0v) is 19.0. The standard InChI is InChI=1S/C11H19O6P.C8H12O4/c1-11(2)16-9-7-8(15-10(9)17-11)5-6-18(12,13-3)14-4;1-8(2)11-6-3-5(4-9)10-7(6)12-8/h5-6,8-10H,7H2,1-4H3;4-7H,3H2,1-2H3/b6-5+;/t8-,9-,10?;5-,6+,7?/m10/s1. The SMILES string of the molecule is CC1(C)OC2O[C@H](C=O)C[C@H]2O1.COP(=O)(/C=C/[C@@H]1C[C@H]2OC(C)(C)OC2O1)OC. The molecule has 4 heterocycles. The summed E-state index contributed by atoms with van der Waals surface area (Å²) in [5.74, 6) is 0.241. The molecular formula is C19H31O10P. The lowest BCUT2D eigenvalue weighted by Gasteiger charge is -2.19. The Labute approximate surface area is 176 Å². The topological polar surface area (TPSA) is 108 Å². The van der Waals surface area contributed by atoms with E-state index < -0.39 is 19.2 Å². The molecular weight excluding hydrogens is 419 g/mol. The van der Waals surface area contributed by atoms with Crippen LogP contribution in [0.3, 0.4) is 0 Å². The van der Waals surface area contributed by atoms with E-state index in [1.54, 1.807) is 6.08 Å². The van der Waals surface area contributed by atoms with E-state index in [0.717, 1.165) is 6.29 Å². The van der Waals surface area contributed by atoms with Crippen LogP contribution in [0.5, 0.6) is 0 Å². The van der Waals surface area contributed by atoms with Gasteiger partial charge in [-0.15, -0.1) is 0 Å². The molecule has 0 bridgehead atoms. The van der Waals surface area contributed by atoms with Crippen molar-refractivity contribution in [1.82, 2.24) is 0 Å². The lowest BCUT2D eigenvalue weighted by Crippen LogP contribution is -2.25. The molecule has 0 spiro atoms. The predicted octanol–water partition coefficient (Wildman–Crippen LogP) is 2.70. The number of aldehydes is 1. The quantitative estimate of drug-likeness (QED) is 0.458. The van der Waals surface area contributed by atoms with Crippen molar-refractivity contribution in [3.63, 3.8) is 0 Å². The monoisotopic (exact) mass is 450 g/mol. The first-order chi connectivity index (χ1) is 14.0. The average Bonchev–Trinajstić information content (AvgIpc) is 3.35. The second kappa shape index (κ2) is 9.05. The third-order valence-corrected chi connectivity index (χ3v) is 6.52. The largest absolute Gasteiger partial charge is 0.353 e. The molecule has 4 rings (SSSR count). The summed E-state index contributed by atoms with van der Waals surface area (Å²) in [7, 11) is -0.450. The van der Waals surface area contributed by atoms with Gasteiger partial charge in [0.05, 0.1) is 6.10 Å². The summed E-state index contributed by atoms with van der Waals surface area (Å²) in [5.41, 5.74) is 0. The highest BCUT2D eigenvalue weighted by molar-refractivity contribution is 7.57. The summed E-state index contributed by atoms with van der Waals surface area (Å²) in [6.07, 6.45) is 2.31. The molecule has 0 N–H and O–H groups in total. The molecule has 0 aromatic heterocycles. The third-order valence-electron chi connectivity index (χ3n) is 4.97. The van der Waals surface area contributed by atoms with Crippen molar-refractivity contribution >= 4 is 13.9 Å². The van der Waals surface area contributed by atoms with Crippen LogP contribution in [0.4, 0.5) is 0 Å². The maximum atomic E-state index is 11.8. The van der Waals surface area contributed by atoms with Gasteiger partial charge in [0.15, 0.2) is 24.2 Å². The van der Waals surface area contributed by atoms with Crippen LogP contribution < -0.4 is 0 Å². The van der Waals surface area contributed by atoms with Crippen molar-refractivity contribution in [1.29, 1.82) is 0 Å². The second-order valence-electron chi connectivity index (χ2n) is 8.29. The average molecular weight is 450 g/mol. The molecule has 0 aromatic rings. The Morgan fingerprint density at radius 2 is 1.30 bits per heavy atom. The van der Waals surface area contributed by atoms with Crippen LogP contribution in [-0.2, 0) is 46.8 Å². The molecule has 172 valence electrons. The molecule has 10 nitrogen and oxygen atoms in total. The van der Waals surface area contributed by atoms with E-state index in [2.05, 4.69) is 0 Å². The van der Waals surface area contributed by atoms with Gasteiger partial charge in [0.1, 0.15) is 24.6 Å². The first-order valence-corrected chi connectivity index (χ1v) is 11.5. The Hall–Kier alpha value is -0.680. The zero-order valence-electron chi connectivity index (χ0n) is 18.1. The fourth-order valence-electron chi connectivity index (χ4n) is 3.68. The normalized spacial score (nSPS) is 38.9. The summed E-state index contributed by atoms with van der Waals surface area (Å²) in [4.78, 5) is 10.4. The Morgan fingerprint density at radius 1 is 0.833 bits per heavy atom. The molecule has 6 atom stereocenters. The second-order valence-corrected chi connectivity index (χ2v) is 10.4. The summed E-state index contributed by atoms with van der Waals surface area (Å²) >= 11 is 0. The van der Waals surface area contributed by atoms with Crippen LogP contribution in [0, 0.1) is 0 Å². The number of carbonyl (C=O) groups is 1. The Bertz CT molecular complexity index is 653. The smallest absolute Gasteiger partial charge is 0.342 e. The van der Waals surface area contributed by atoms with Crippen molar-refractivity contribution in [3.8, 4) is 0 Å². The molecule has 11 heteroatoms. The molecule has 4 aliphatic heterocycles. The minimum absolute atomic E-state index is 0.0739. The molecule has 0 aliphatic carbocycles. The Kier molecular flexibility index (Phi) is 7.23. The van der Waals surface area contributed by atoms with Crippen LogP contribution in [0.2, 0.25) is 0 Å². The lowest BCUT2D eigenvalue weighted by molar-refractivity contribution is -0.203. The van der Waals surface area contributed by atoms with Gasteiger partial charge in [0.2, 0.25) is 0 Å². The van der Waals surface area contributed by atoms with Crippen LogP contribution in [-0.4, -0.2) is 69.1 Å². The van der Waals surface area contributed by atoms with Gasteiger partial charge in [0, 0.05) is 32.9 Å². The van der Waals surface area contributed by atoms with Crippen molar-refractivity contribution in [2.45, 2.75) is 89.1 Å². The summed E-state index contributed by atoms with van der Waals surface area (Å²) in [6, 6.07) is 0. The molecule has 0 saturated carbocycles. The molecule has 4 fully saturated rings. The molecule has 4 saturated heterocycles. The third kappa shape index (κ3) is 5.76. The molecule has 0 radical (unpaired) electrons. The van der Waals surface area contributed by atoms with E-state index in [0.29, 0.717) is 12.8 Å². The van der Waals surface area contributed by atoms with Crippen molar-refractivity contribution in [2.75, 3.05) is 14.2 Å². The van der Waals surface area contributed by atoms with Gasteiger partial charge >= 0.3 is 7.60 Å². The highest BCUT2D eigenvalue weighted by atomic mass is 31.2. The van der Waals surface area contributed by atoms with Gasteiger partial charge < -0.3 is 42.3 Å². The van der Waals surface area contributed by atoms with Crippen LogP contribution >= 0.6 is 7.60 Å². The first-order valence-electron chi connectivity index (χ1n) is 9.86. The van der Waals surface area contributed by atoms with Gasteiger partial charge in [-0.1, -0.05) is 0 Å². The van der Waals surface area contributed by atoms with Crippen LogP contribution in [0.1, 0.15) is 40.5 Å². The van der Waals surface area contributed by atoms with E-state index in [9.17, 15) is 9.36 Å². The number of hydrogen-bond donors (Lipinski definition) is 0. The van der Waals surface area contributed by atoms with Crippen molar-refractivity contribution in [3.05, 3.63) is 11.9 Å². The molecule has 30 heavy (non-hydrogen) atoms. The minimum Gasteiger partial charge on any atom is -0.342 e. The zero-order chi connectivity index (χ0) is 22.2. The molecule has 0 amide bonds. The van der Waals surface area contributed by atoms with E-state index in [1.165, 1.54) is 20.0 Å². The predicted molar refractivity (Wildman–Crippen MR) is 103 cm³/mol. The number of fused-ring (bicyclic) bond motifs is 2. The molecule has 2 unspecified atom stereocenters. The first kappa shape index (κ1) is 24.0. The highest BCUT2D eigenvalue weighted by Crippen LogP contribution is 2.48. The maximum Gasteiger partial charge on any atom is 0.353 e. The van der Waals surface area contributed by atoms with E-state index >= 15 is 0 Å². The number of hydrogen-bond acceptors (Lipinski definition) is 10. The van der Waals surface area contributed by atoms with Gasteiger partial charge in [-0.05, 0) is 33.8 Å². The number of ether oxygens (including phenoxy) is 6. The fourth-order valence-corrected chi connectivity index (χ4v) is 4.47. The number of rotatable bonds is 5. The van der Waals surface area contributed by atoms with Gasteiger partial charge in [-0.2, -0.15) is 0 Å². The van der Waals surface area contributed by atoms with E-state index in [1.807, 2.05) is 27.7 Å². The summed E-state index contributed by atoms with van der Waals surface area (Å²) in [5, 5.41) is 0. The van der Waals surface area contributed by atoms with E-state index in [-0.39, 0.29) is 37.0 Å². The van der Waals surface area contributed by atoms with Crippen LogP contribution in [0.25, 0.3) is 0 Å². The van der Waals surface area contributed by atoms with Gasteiger partial charge in [-0.25, -0.2) is 0 Å². The van der Waals surface area contributed by atoms with Crippen LogP contribution in [0.15, 0.2) is 11.9 Å². The fraction of sp³-hybridized carbons (Fsp3) is 0.842. The van der Waals surface area contributed by atoms with Gasteiger partial charge in [0.25, 0.3) is 0 Å². The lowest BCUT2D eigenvalue weighted by atomic mass is 10.2. The molecule has 0 aromatic carbocycles.